The summed E-state index contributed by atoms with van der Waals surface area (Å²) in [4.78, 5) is 20.4. The molecular formula is C9H16O4. The molecule has 1 aliphatic carbocycles. The minimum absolute atomic E-state index is 0.0385. The van der Waals surface area contributed by atoms with Gasteiger partial charge in [-0.25, -0.2) is 0 Å². The Balaban J connectivity index is 0.000000396. The van der Waals surface area contributed by atoms with Gasteiger partial charge < -0.3 is 9.84 Å². The van der Waals surface area contributed by atoms with Crippen molar-refractivity contribution in [2.45, 2.75) is 39.0 Å². The lowest BCUT2D eigenvalue weighted by molar-refractivity contribution is -0.147. The smallest absolute Gasteiger partial charge is 0.306 e. The average Bonchev–Trinajstić information content (AvgIpc) is 2.87. The summed E-state index contributed by atoms with van der Waals surface area (Å²) >= 11 is 0. The lowest BCUT2D eigenvalue weighted by Gasteiger charge is -1.97. The van der Waals surface area contributed by atoms with E-state index in [1.807, 2.05) is 0 Å². The van der Waals surface area contributed by atoms with E-state index in [0.29, 0.717) is 6.61 Å². The lowest BCUT2D eigenvalue weighted by atomic mass is 10.3. The Hall–Kier alpha value is -1.06. The summed E-state index contributed by atoms with van der Waals surface area (Å²) in [5, 5.41) is 8.12. The second kappa shape index (κ2) is 7.58. The number of aliphatic carboxylic acids is 1. The van der Waals surface area contributed by atoms with E-state index < -0.39 is 11.9 Å². The van der Waals surface area contributed by atoms with Crippen molar-refractivity contribution in [3.63, 3.8) is 0 Å². The molecule has 0 aromatic rings. The molecule has 13 heavy (non-hydrogen) atoms. The van der Waals surface area contributed by atoms with Gasteiger partial charge in [0, 0.05) is 0 Å². The van der Waals surface area contributed by atoms with Crippen LogP contribution in [0.15, 0.2) is 0 Å². The van der Waals surface area contributed by atoms with E-state index in [4.69, 9.17) is 5.11 Å². The van der Waals surface area contributed by atoms with Gasteiger partial charge in [0.05, 0.1) is 19.4 Å². The van der Waals surface area contributed by atoms with Gasteiger partial charge in [0.15, 0.2) is 0 Å². The van der Waals surface area contributed by atoms with Gasteiger partial charge in [0.1, 0.15) is 0 Å². The lowest BCUT2D eigenvalue weighted by Crippen LogP contribution is -2.06. The van der Waals surface area contributed by atoms with Crippen LogP contribution >= 0.6 is 0 Å². The predicted octanol–water partition coefficient (Wildman–Crippen LogP) is 1.58. The Morgan fingerprint density at radius 2 is 1.77 bits per heavy atom. The van der Waals surface area contributed by atoms with E-state index in [-0.39, 0.29) is 12.8 Å². The molecular weight excluding hydrogens is 172 g/mol. The van der Waals surface area contributed by atoms with Crippen LogP contribution in [0.5, 0.6) is 0 Å². The maximum atomic E-state index is 10.5. The van der Waals surface area contributed by atoms with Crippen molar-refractivity contribution in [3.8, 4) is 0 Å². The fourth-order valence-corrected chi connectivity index (χ4v) is 0.442. The number of carboxylic acid groups (broad SMARTS) is 1. The van der Waals surface area contributed by atoms with Crippen molar-refractivity contribution >= 4 is 11.9 Å². The number of carbonyl (C=O) groups is 2. The number of carboxylic acids is 1. The Bertz CT molecular complexity index is 160. The minimum atomic E-state index is -0.979. The molecule has 0 unspecified atom stereocenters. The first-order valence-electron chi connectivity index (χ1n) is 4.54. The molecule has 0 radical (unpaired) electrons. The molecule has 1 rings (SSSR count). The third-order valence-corrected chi connectivity index (χ3v) is 1.20. The number of carbonyl (C=O) groups excluding carboxylic acids is 1. The van der Waals surface area contributed by atoms with E-state index in [1.54, 1.807) is 6.92 Å². The third kappa shape index (κ3) is 13.9. The second-order valence-electron chi connectivity index (χ2n) is 2.76. The Morgan fingerprint density at radius 1 is 1.23 bits per heavy atom. The van der Waals surface area contributed by atoms with Crippen LogP contribution < -0.4 is 0 Å². The van der Waals surface area contributed by atoms with Crippen molar-refractivity contribution in [2.24, 2.45) is 0 Å². The first-order valence-corrected chi connectivity index (χ1v) is 4.54. The molecule has 0 aromatic heterocycles. The van der Waals surface area contributed by atoms with E-state index in [1.165, 1.54) is 19.3 Å². The van der Waals surface area contributed by atoms with Gasteiger partial charge in [-0.1, -0.05) is 19.3 Å². The van der Waals surface area contributed by atoms with Gasteiger partial charge in [-0.3, -0.25) is 9.59 Å². The zero-order valence-corrected chi connectivity index (χ0v) is 7.91. The fraction of sp³-hybridized carbons (Fsp3) is 0.778. The van der Waals surface area contributed by atoms with Crippen molar-refractivity contribution in [1.29, 1.82) is 0 Å². The maximum absolute atomic E-state index is 10.5. The molecule has 0 aromatic carbocycles. The van der Waals surface area contributed by atoms with E-state index in [0.717, 1.165) is 0 Å². The highest BCUT2D eigenvalue weighted by Gasteiger charge is 2.04. The highest BCUT2D eigenvalue weighted by molar-refractivity contribution is 5.76. The molecule has 0 saturated heterocycles. The maximum Gasteiger partial charge on any atom is 0.306 e. The number of esters is 1. The van der Waals surface area contributed by atoms with Gasteiger partial charge in [0.2, 0.25) is 0 Å². The number of rotatable bonds is 4. The number of hydrogen-bond donors (Lipinski definition) is 1. The first kappa shape index (κ1) is 11.9. The van der Waals surface area contributed by atoms with Crippen molar-refractivity contribution in [2.75, 3.05) is 6.61 Å². The molecule has 76 valence electrons. The standard InChI is InChI=1S/C6H10O4.C3H6/c1-2-10-6(9)4-3-5(7)8;1-2-3-1/h2-4H2,1H3,(H,7,8);1-3H2. The molecule has 1 aliphatic rings. The normalized spacial score (nSPS) is 12.4. The third-order valence-electron chi connectivity index (χ3n) is 1.20. The van der Waals surface area contributed by atoms with E-state index in [2.05, 4.69) is 4.74 Å². The summed E-state index contributed by atoms with van der Waals surface area (Å²) in [7, 11) is 0. The Kier molecular flexibility index (Phi) is 6.96. The minimum Gasteiger partial charge on any atom is -0.481 e. The molecule has 1 saturated carbocycles. The highest BCUT2D eigenvalue weighted by atomic mass is 16.5. The van der Waals surface area contributed by atoms with Crippen LogP contribution in [0.1, 0.15) is 39.0 Å². The number of hydrogen-bond acceptors (Lipinski definition) is 3. The van der Waals surface area contributed by atoms with Gasteiger partial charge in [-0.2, -0.15) is 0 Å². The summed E-state index contributed by atoms with van der Waals surface area (Å²) < 4.78 is 4.49. The monoisotopic (exact) mass is 188 g/mol. The van der Waals surface area contributed by atoms with Crippen LogP contribution in [0.4, 0.5) is 0 Å². The van der Waals surface area contributed by atoms with Gasteiger partial charge in [-0.05, 0) is 6.92 Å². The molecule has 4 heteroatoms. The molecule has 0 spiro atoms. The van der Waals surface area contributed by atoms with Crippen molar-refractivity contribution in [3.05, 3.63) is 0 Å². The molecule has 0 aliphatic heterocycles. The van der Waals surface area contributed by atoms with Gasteiger partial charge in [-0.15, -0.1) is 0 Å². The molecule has 4 nitrogen and oxygen atoms in total. The zero-order valence-electron chi connectivity index (χ0n) is 7.91. The topological polar surface area (TPSA) is 63.6 Å². The molecule has 0 amide bonds. The molecule has 1 fully saturated rings. The summed E-state index contributed by atoms with van der Waals surface area (Å²) in [6.07, 6.45) is 4.31. The van der Waals surface area contributed by atoms with Gasteiger partial charge in [0.25, 0.3) is 0 Å². The molecule has 0 bridgehead atoms. The summed E-state index contributed by atoms with van der Waals surface area (Å²) in [6.45, 7) is 1.98. The van der Waals surface area contributed by atoms with E-state index in [9.17, 15) is 9.59 Å². The van der Waals surface area contributed by atoms with Crippen molar-refractivity contribution < 1.29 is 19.4 Å². The first-order chi connectivity index (χ1) is 6.16. The van der Waals surface area contributed by atoms with Crippen LogP contribution in [-0.4, -0.2) is 23.7 Å². The summed E-state index contributed by atoms with van der Waals surface area (Å²) in [5.74, 6) is -1.43. The van der Waals surface area contributed by atoms with Gasteiger partial charge >= 0.3 is 11.9 Å². The van der Waals surface area contributed by atoms with E-state index >= 15 is 0 Å². The zero-order chi connectivity index (χ0) is 10.1. The Labute approximate surface area is 77.9 Å². The molecule has 1 N–H and O–H groups in total. The largest absolute Gasteiger partial charge is 0.481 e. The SMILES string of the molecule is C1CC1.CCOC(=O)CCC(=O)O. The molecule has 0 atom stereocenters. The second-order valence-corrected chi connectivity index (χ2v) is 2.76. The van der Waals surface area contributed by atoms with Crippen molar-refractivity contribution in [1.82, 2.24) is 0 Å². The van der Waals surface area contributed by atoms with Crippen LogP contribution in [0, 0.1) is 0 Å². The number of ether oxygens (including phenoxy) is 1. The quantitative estimate of drug-likeness (QED) is 0.680. The highest BCUT2D eigenvalue weighted by Crippen LogP contribution is 2.14. The molecule has 0 heterocycles. The fourth-order valence-electron chi connectivity index (χ4n) is 0.442. The summed E-state index contributed by atoms with van der Waals surface area (Å²) in [5.41, 5.74) is 0. The predicted molar refractivity (Wildman–Crippen MR) is 47.4 cm³/mol. The van der Waals surface area contributed by atoms with Crippen LogP contribution in [0.25, 0.3) is 0 Å². The van der Waals surface area contributed by atoms with Crippen LogP contribution in [0.3, 0.4) is 0 Å². The Morgan fingerprint density at radius 3 is 2.08 bits per heavy atom. The summed E-state index contributed by atoms with van der Waals surface area (Å²) in [6, 6.07) is 0. The van der Waals surface area contributed by atoms with Crippen LogP contribution in [-0.2, 0) is 14.3 Å². The average molecular weight is 188 g/mol. The van der Waals surface area contributed by atoms with Crippen LogP contribution in [0.2, 0.25) is 0 Å².